The monoisotopic (exact) mass is 319 g/mol. The van der Waals surface area contributed by atoms with Crippen molar-refractivity contribution in [2.24, 2.45) is 0 Å². The summed E-state index contributed by atoms with van der Waals surface area (Å²) in [5, 5.41) is 0. The van der Waals surface area contributed by atoms with Crippen LogP contribution in [0, 0.1) is 0 Å². The van der Waals surface area contributed by atoms with Crippen molar-refractivity contribution in [3.63, 3.8) is 0 Å². The van der Waals surface area contributed by atoms with Gasteiger partial charge in [0, 0.05) is 12.1 Å². The molecule has 0 radical (unpaired) electrons. The molecule has 1 aliphatic rings. The number of nitrogens with zero attached hydrogens (tertiary/aromatic N) is 1. The fourth-order valence-corrected chi connectivity index (χ4v) is 2.40. The third-order valence-electron chi connectivity index (χ3n) is 3.34. The van der Waals surface area contributed by atoms with Crippen LogP contribution in [0.3, 0.4) is 0 Å². The number of hydrogen-bond donors (Lipinski definition) is 0. The van der Waals surface area contributed by atoms with E-state index in [-0.39, 0.29) is 18.7 Å². The van der Waals surface area contributed by atoms with Crippen LogP contribution in [-0.4, -0.2) is 35.0 Å². The molecule has 6 heteroatoms. The second-order valence-electron chi connectivity index (χ2n) is 6.33. The van der Waals surface area contributed by atoms with Gasteiger partial charge in [0.1, 0.15) is 5.60 Å². The van der Waals surface area contributed by atoms with Crippen molar-refractivity contribution in [1.29, 1.82) is 0 Å². The van der Waals surface area contributed by atoms with Crippen molar-refractivity contribution >= 4 is 17.8 Å². The molecule has 0 saturated heterocycles. The van der Waals surface area contributed by atoms with E-state index in [1.165, 1.54) is 4.90 Å². The lowest BCUT2D eigenvalue weighted by atomic mass is 10.0. The van der Waals surface area contributed by atoms with Gasteiger partial charge in [-0.2, -0.15) is 0 Å². The van der Waals surface area contributed by atoms with Crippen molar-refractivity contribution < 1.29 is 23.9 Å². The van der Waals surface area contributed by atoms with Gasteiger partial charge in [0.15, 0.2) is 0 Å². The predicted octanol–water partition coefficient (Wildman–Crippen LogP) is 2.68. The molecule has 1 aromatic carbocycles. The Morgan fingerprint density at radius 3 is 2.48 bits per heavy atom. The van der Waals surface area contributed by atoms with Crippen LogP contribution < -0.4 is 0 Å². The largest absolute Gasteiger partial charge is 0.460 e. The highest BCUT2D eigenvalue weighted by molar-refractivity contribution is 6.41. The van der Waals surface area contributed by atoms with Gasteiger partial charge in [0.2, 0.25) is 0 Å². The lowest BCUT2D eigenvalue weighted by Gasteiger charge is -2.24. The van der Waals surface area contributed by atoms with Gasteiger partial charge < -0.3 is 9.47 Å². The Kier molecular flexibility index (Phi) is 4.73. The van der Waals surface area contributed by atoms with Gasteiger partial charge in [0.25, 0.3) is 5.78 Å². The number of carbonyl (C=O) groups excluding carboxylic acids is 3. The van der Waals surface area contributed by atoms with Gasteiger partial charge in [-0.05, 0) is 38.8 Å². The quantitative estimate of drug-likeness (QED) is 0.486. The fourth-order valence-electron chi connectivity index (χ4n) is 2.40. The number of hydrogen-bond acceptors (Lipinski definition) is 5. The smallest absolute Gasteiger partial charge is 0.410 e. The van der Waals surface area contributed by atoms with Crippen LogP contribution in [0.1, 0.15) is 49.2 Å². The molecule has 1 aliphatic heterocycles. The maximum Gasteiger partial charge on any atom is 0.410 e. The number of fused-ring (bicyclic) bond motifs is 1. The zero-order valence-corrected chi connectivity index (χ0v) is 13.8. The number of ketones is 1. The van der Waals surface area contributed by atoms with Crippen LogP contribution in [0.5, 0.6) is 0 Å². The second-order valence-corrected chi connectivity index (χ2v) is 6.33. The number of carbonyl (C=O) groups is 3. The molecule has 124 valence electrons. The number of Topliss-reactive ketones (excluding diaryl/α,β-unsaturated/α-hetero) is 1. The highest BCUT2D eigenvalue weighted by Crippen LogP contribution is 2.28. The van der Waals surface area contributed by atoms with E-state index in [9.17, 15) is 14.4 Å². The number of benzene rings is 1. The van der Waals surface area contributed by atoms with Gasteiger partial charge in [-0.25, -0.2) is 9.59 Å². The lowest BCUT2D eigenvalue weighted by Crippen LogP contribution is -2.33. The first-order valence-electron chi connectivity index (χ1n) is 7.53. The van der Waals surface area contributed by atoms with Crippen LogP contribution in [-0.2, 0) is 27.4 Å². The Hall–Kier alpha value is -2.37. The minimum atomic E-state index is -0.878. The summed E-state index contributed by atoms with van der Waals surface area (Å²) in [4.78, 5) is 37.5. The van der Waals surface area contributed by atoms with E-state index in [1.807, 2.05) is 6.07 Å². The molecular formula is C17H21NO5. The Balaban J connectivity index is 2.20. The fraction of sp³-hybridized carbons (Fsp3) is 0.471. The molecule has 6 nitrogen and oxygen atoms in total. The molecule has 23 heavy (non-hydrogen) atoms. The van der Waals surface area contributed by atoms with Crippen molar-refractivity contribution in [1.82, 2.24) is 4.90 Å². The molecular weight excluding hydrogens is 298 g/mol. The molecule has 1 heterocycles. The number of amides is 1. The summed E-state index contributed by atoms with van der Waals surface area (Å²) in [5.41, 5.74) is 1.21. The van der Waals surface area contributed by atoms with Crippen molar-refractivity contribution in [2.75, 3.05) is 6.61 Å². The number of rotatable bonds is 3. The van der Waals surface area contributed by atoms with Gasteiger partial charge >= 0.3 is 12.1 Å². The molecule has 0 spiro atoms. The van der Waals surface area contributed by atoms with Crippen LogP contribution in [0.15, 0.2) is 18.2 Å². The first-order chi connectivity index (χ1) is 10.7. The van der Waals surface area contributed by atoms with E-state index in [4.69, 9.17) is 9.47 Å². The highest BCUT2D eigenvalue weighted by Gasteiger charge is 2.31. The minimum absolute atomic E-state index is 0.142. The number of esters is 1. The van der Waals surface area contributed by atoms with E-state index in [2.05, 4.69) is 0 Å². The molecule has 0 aliphatic carbocycles. The predicted molar refractivity (Wildman–Crippen MR) is 82.9 cm³/mol. The van der Waals surface area contributed by atoms with Crippen molar-refractivity contribution in [3.8, 4) is 0 Å². The summed E-state index contributed by atoms with van der Waals surface area (Å²) in [7, 11) is 0. The Bertz CT molecular complexity index is 645. The average Bonchev–Trinajstić information content (AvgIpc) is 2.89. The van der Waals surface area contributed by atoms with Crippen LogP contribution in [0.25, 0.3) is 0 Å². The Morgan fingerprint density at radius 1 is 1.17 bits per heavy atom. The summed E-state index contributed by atoms with van der Waals surface area (Å²) in [6.07, 6.45) is -0.441. The summed E-state index contributed by atoms with van der Waals surface area (Å²) >= 11 is 0. The topological polar surface area (TPSA) is 72.9 Å². The highest BCUT2D eigenvalue weighted by atomic mass is 16.6. The second kappa shape index (κ2) is 6.40. The van der Waals surface area contributed by atoms with Crippen LogP contribution >= 0.6 is 0 Å². The maximum absolute atomic E-state index is 12.2. The number of ether oxygens (including phenoxy) is 2. The summed E-state index contributed by atoms with van der Waals surface area (Å²) in [6, 6.07) is 5.11. The van der Waals surface area contributed by atoms with Crippen LogP contribution in [0.2, 0.25) is 0 Å². The zero-order valence-electron chi connectivity index (χ0n) is 13.8. The molecule has 0 fully saturated rings. The van der Waals surface area contributed by atoms with E-state index in [0.29, 0.717) is 12.1 Å². The van der Waals surface area contributed by atoms with E-state index >= 15 is 0 Å². The normalized spacial score (nSPS) is 13.5. The first-order valence-corrected chi connectivity index (χ1v) is 7.53. The van der Waals surface area contributed by atoms with Gasteiger partial charge in [-0.15, -0.1) is 0 Å². The van der Waals surface area contributed by atoms with Crippen molar-refractivity contribution in [2.45, 2.75) is 46.4 Å². The standard InChI is InChI=1S/C17H21NO5/c1-5-22-15(20)14(19)12-8-6-7-11-9-18(10-13(11)12)16(21)23-17(2,3)4/h6-8H,5,9-10H2,1-4H3. The van der Waals surface area contributed by atoms with E-state index < -0.39 is 23.4 Å². The molecule has 0 N–H and O–H groups in total. The van der Waals surface area contributed by atoms with Gasteiger partial charge in [0.05, 0.1) is 13.2 Å². The average molecular weight is 319 g/mol. The molecule has 0 bridgehead atoms. The molecule has 0 aromatic heterocycles. The van der Waals surface area contributed by atoms with Crippen molar-refractivity contribution in [3.05, 3.63) is 34.9 Å². The minimum Gasteiger partial charge on any atom is -0.460 e. The lowest BCUT2D eigenvalue weighted by molar-refractivity contribution is -0.137. The molecule has 0 atom stereocenters. The Morgan fingerprint density at radius 2 is 1.87 bits per heavy atom. The summed E-state index contributed by atoms with van der Waals surface area (Å²) in [6.45, 7) is 7.77. The molecule has 1 amide bonds. The molecule has 0 unspecified atom stereocenters. The first kappa shape index (κ1) is 17.0. The van der Waals surface area contributed by atoms with E-state index in [0.717, 1.165) is 5.56 Å². The summed E-state index contributed by atoms with van der Waals surface area (Å²) < 4.78 is 10.1. The van der Waals surface area contributed by atoms with Crippen LogP contribution in [0.4, 0.5) is 4.79 Å². The summed E-state index contributed by atoms with van der Waals surface area (Å²) in [5.74, 6) is -1.56. The third kappa shape index (κ3) is 3.88. The van der Waals surface area contributed by atoms with E-state index in [1.54, 1.807) is 39.8 Å². The van der Waals surface area contributed by atoms with Gasteiger partial charge in [-0.3, -0.25) is 9.69 Å². The molecule has 1 aromatic rings. The molecule has 0 saturated carbocycles. The zero-order chi connectivity index (χ0) is 17.2. The third-order valence-corrected chi connectivity index (χ3v) is 3.34. The SMILES string of the molecule is CCOC(=O)C(=O)c1cccc2c1CN(C(=O)OC(C)(C)C)C2. The Labute approximate surface area is 135 Å². The molecule has 2 rings (SSSR count). The maximum atomic E-state index is 12.2. The van der Waals surface area contributed by atoms with Gasteiger partial charge in [-0.1, -0.05) is 18.2 Å².